The summed E-state index contributed by atoms with van der Waals surface area (Å²) in [5.74, 6) is 2.43. The van der Waals surface area contributed by atoms with Gasteiger partial charge in [0.15, 0.2) is 5.82 Å². The van der Waals surface area contributed by atoms with Crippen molar-refractivity contribution in [2.75, 3.05) is 37.7 Å². The topological polar surface area (TPSA) is 91.9 Å². The van der Waals surface area contributed by atoms with Gasteiger partial charge in [-0.2, -0.15) is 9.97 Å². The Labute approximate surface area is 230 Å². The number of likely N-dealkylation sites (tertiary alicyclic amines) is 1. The molecule has 0 unspecified atom stereocenters. The predicted octanol–water partition coefficient (Wildman–Crippen LogP) is 4.75. The molecule has 4 aromatic rings. The Morgan fingerprint density at radius 2 is 1.90 bits per heavy atom. The Bertz CT molecular complexity index is 1780. The van der Waals surface area contributed by atoms with Crippen LogP contribution in [0.5, 0.6) is 11.8 Å². The maximum atomic E-state index is 14.7. The molecule has 2 saturated heterocycles. The van der Waals surface area contributed by atoms with E-state index < -0.39 is 11.4 Å². The van der Waals surface area contributed by atoms with Gasteiger partial charge in [0, 0.05) is 29.6 Å². The second-order valence-corrected chi connectivity index (χ2v) is 11.1. The van der Waals surface area contributed by atoms with Crippen molar-refractivity contribution < 1.29 is 18.7 Å². The molecule has 0 bridgehead atoms. The largest absolute Gasteiger partial charge is 0.508 e. The molecule has 4 heterocycles. The Hall–Kier alpha value is -4.16. The van der Waals surface area contributed by atoms with Gasteiger partial charge in [-0.25, -0.2) is 9.18 Å². The Morgan fingerprint density at radius 1 is 1.12 bits per heavy atom. The van der Waals surface area contributed by atoms with Crippen LogP contribution in [0.15, 0.2) is 33.5 Å². The molecule has 8 nitrogen and oxygen atoms in total. The van der Waals surface area contributed by atoms with Gasteiger partial charge in [-0.1, -0.05) is 12.0 Å². The zero-order chi connectivity index (χ0) is 27.6. The van der Waals surface area contributed by atoms with Crippen LogP contribution in [0, 0.1) is 25.1 Å². The first-order chi connectivity index (χ1) is 19.4. The molecule has 3 aliphatic rings. The molecule has 0 spiro atoms. The molecular formula is C31H29FN4O4. The number of aryl methyl sites for hydroxylation is 1. The molecule has 1 aliphatic carbocycles. The molecular weight excluding hydrogens is 511 g/mol. The van der Waals surface area contributed by atoms with Crippen LogP contribution < -0.4 is 15.3 Å². The number of benzene rings is 2. The Kier molecular flexibility index (Phi) is 5.72. The lowest BCUT2D eigenvalue weighted by atomic mass is 9.95. The van der Waals surface area contributed by atoms with Crippen molar-refractivity contribution in [3.05, 3.63) is 51.6 Å². The third-order valence-corrected chi connectivity index (χ3v) is 8.63. The van der Waals surface area contributed by atoms with Gasteiger partial charge in [-0.3, -0.25) is 4.90 Å². The van der Waals surface area contributed by atoms with Crippen LogP contribution in [0.25, 0.3) is 33.0 Å². The minimum Gasteiger partial charge on any atom is -0.508 e. The Morgan fingerprint density at radius 3 is 2.58 bits per heavy atom. The number of hydrogen-bond acceptors (Lipinski definition) is 8. The van der Waals surface area contributed by atoms with Crippen molar-refractivity contribution in [3.63, 3.8) is 0 Å². The van der Waals surface area contributed by atoms with E-state index in [0.717, 1.165) is 45.4 Å². The smallest absolute Gasteiger partial charge is 0.349 e. The minimum absolute atomic E-state index is 0.0271. The second-order valence-electron chi connectivity index (χ2n) is 11.1. The summed E-state index contributed by atoms with van der Waals surface area (Å²) < 4.78 is 26.9. The lowest BCUT2D eigenvalue weighted by molar-refractivity contribution is 0.135. The summed E-state index contributed by atoms with van der Waals surface area (Å²) in [6.07, 6.45) is 11.3. The zero-order valence-electron chi connectivity index (χ0n) is 22.3. The molecule has 9 heteroatoms. The quantitative estimate of drug-likeness (QED) is 0.350. The molecule has 2 aromatic heterocycles. The standard InChI is InChI=1S/C31H29FN4O4/c1-3-21-23(32)8-7-19-15-20(37)16-22(24(19)21)27-18(2)26-25(29(38)40-27)28(35-11-6-12-35)34-30(33-26)39-17-31(9-10-31)36-13-4-5-14-36/h1,7-8,15-16,37H,4-6,9-14,17H2,2H3. The molecule has 0 atom stereocenters. The number of phenolic OH excluding ortho intramolecular Hbond substituents is 1. The molecule has 3 fully saturated rings. The number of halogens is 1. The highest BCUT2D eigenvalue weighted by atomic mass is 19.1. The van der Waals surface area contributed by atoms with Crippen molar-refractivity contribution in [1.82, 2.24) is 14.9 Å². The summed E-state index contributed by atoms with van der Waals surface area (Å²) in [5, 5.41) is 11.7. The van der Waals surface area contributed by atoms with Crippen molar-refractivity contribution >= 4 is 27.5 Å². The van der Waals surface area contributed by atoms with E-state index in [-0.39, 0.29) is 34.0 Å². The summed E-state index contributed by atoms with van der Waals surface area (Å²) in [6, 6.07) is 5.94. The van der Waals surface area contributed by atoms with E-state index in [2.05, 4.69) is 15.8 Å². The van der Waals surface area contributed by atoms with Crippen LogP contribution in [0.3, 0.4) is 0 Å². The highest BCUT2D eigenvalue weighted by molar-refractivity contribution is 6.03. The van der Waals surface area contributed by atoms with E-state index in [0.29, 0.717) is 39.8 Å². The van der Waals surface area contributed by atoms with Gasteiger partial charge in [0.05, 0.1) is 16.6 Å². The molecule has 1 saturated carbocycles. The van der Waals surface area contributed by atoms with Crippen molar-refractivity contribution in [2.24, 2.45) is 0 Å². The third-order valence-electron chi connectivity index (χ3n) is 8.63. The fourth-order valence-electron chi connectivity index (χ4n) is 6.13. The van der Waals surface area contributed by atoms with Crippen molar-refractivity contribution in [2.45, 2.75) is 44.6 Å². The van der Waals surface area contributed by atoms with Crippen LogP contribution in [-0.4, -0.2) is 58.3 Å². The number of hydrogen-bond donors (Lipinski definition) is 1. The highest BCUT2D eigenvalue weighted by Crippen LogP contribution is 2.44. The van der Waals surface area contributed by atoms with E-state index in [1.165, 1.54) is 37.1 Å². The van der Waals surface area contributed by atoms with Crippen molar-refractivity contribution in [3.8, 4) is 35.4 Å². The number of nitrogens with zero attached hydrogens (tertiary/aromatic N) is 4. The Balaban J connectivity index is 1.40. The van der Waals surface area contributed by atoms with Gasteiger partial charge in [-0.05, 0) is 75.7 Å². The average Bonchev–Trinajstić information content (AvgIpc) is 3.49. The van der Waals surface area contributed by atoms with Gasteiger partial charge >= 0.3 is 11.6 Å². The fraction of sp³-hybridized carbons (Fsp3) is 0.387. The van der Waals surface area contributed by atoms with Crippen LogP contribution >= 0.6 is 0 Å². The summed E-state index contributed by atoms with van der Waals surface area (Å²) in [7, 11) is 0. The third kappa shape index (κ3) is 3.89. The molecule has 2 aliphatic heterocycles. The van der Waals surface area contributed by atoms with Gasteiger partial charge in [0.2, 0.25) is 0 Å². The summed E-state index contributed by atoms with van der Waals surface area (Å²) in [5.41, 5.74) is 0.714. The molecule has 0 amide bonds. The van der Waals surface area contributed by atoms with Gasteiger partial charge < -0.3 is 19.2 Å². The molecule has 0 radical (unpaired) electrons. The molecule has 1 N–H and O–H groups in total. The van der Waals surface area contributed by atoms with E-state index in [9.17, 15) is 14.3 Å². The lowest BCUT2D eigenvalue weighted by Crippen LogP contribution is -2.40. The first-order valence-corrected chi connectivity index (χ1v) is 13.8. The SMILES string of the molecule is C#Cc1c(F)ccc2cc(O)cc(-c3oc(=O)c4c(N5CCC5)nc(OCC5(N6CCCC6)CC5)nc4c3C)c12. The number of aromatic nitrogens is 2. The summed E-state index contributed by atoms with van der Waals surface area (Å²) in [4.78, 5) is 27.5. The van der Waals surface area contributed by atoms with E-state index >= 15 is 0 Å². The second kappa shape index (κ2) is 9.20. The maximum Gasteiger partial charge on any atom is 0.349 e. The molecule has 7 rings (SSSR count). The minimum atomic E-state index is -0.616. The normalized spacial score (nSPS) is 18.2. The van der Waals surface area contributed by atoms with Crippen LogP contribution in [0.4, 0.5) is 10.2 Å². The van der Waals surface area contributed by atoms with Crippen LogP contribution in [0.2, 0.25) is 0 Å². The molecule has 40 heavy (non-hydrogen) atoms. The lowest BCUT2D eigenvalue weighted by Gasteiger charge is -2.33. The van der Waals surface area contributed by atoms with E-state index in [4.69, 9.17) is 20.6 Å². The number of rotatable bonds is 6. The predicted molar refractivity (Wildman–Crippen MR) is 150 cm³/mol. The number of anilines is 1. The summed E-state index contributed by atoms with van der Waals surface area (Å²) in [6.45, 7) is 5.99. The number of fused-ring (bicyclic) bond motifs is 2. The number of aromatic hydroxyl groups is 1. The monoisotopic (exact) mass is 540 g/mol. The van der Waals surface area contributed by atoms with Gasteiger partial charge in [0.1, 0.15) is 29.3 Å². The highest BCUT2D eigenvalue weighted by Gasteiger charge is 2.49. The van der Waals surface area contributed by atoms with E-state index in [1.54, 1.807) is 6.92 Å². The van der Waals surface area contributed by atoms with Crippen LogP contribution in [-0.2, 0) is 0 Å². The number of ether oxygens (including phenoxy) is 1. The first kappa shape index (κ1) is 24.9. The van der Waals surface area contributed by atoms with Crippen molar-refractivity contribution in [1.29, 1.82) is 0 Å². The van der Waals surface area contributed by atoms with E-state index in [1.807, 2.05) is 4.90 Å². The first-order valence-electron chi connectivity index (χ1n) is 13.8. The maximum absolute atomic E-state index is 14.7. The van der Waals surface area contributed by atoms with Gasteiger partial charge in [0.25, 0.3) is 0 Å². The number of terminal acetylenes is 1. The van der Waals surface area contributed by atoms with Gasteiger partial charge in [-0.15, -0.1) is 6.42 Å². The average molecular weight is 541 g/mol. The number of phenols is 1. The summed E-state index contributed by atoms with van der Waals surface area (Å²) >= 11 is 0. The van der Waals surface area contributed by atoms with Crippen LogP contribution in [0.1, 0.15) is 43.2 Å². The molecule has 204 valence electrons. The zero-order valence-corrected chi connectivity index (χ0v) is 22.3. The fourth-order valence-corrected chi connectivity index (χ4v) is 6.13. The molecule has 2 aromatic carbocycles.